The maximum Gasteiger partial charge on any atom is 0.278 e. The SMILES string of the molecule is Cc1c(C)c(C)c(S(=O)(=O)N2CCN(C(=O)Cn3nnc4ccccc4c3=O)CC2)c(C)c1C. The van der Waals surface area contributed by atoms with Gasteiger partial charge in [-0.2, -0.15) is 4.31 Å². The van der Waals surface area contributed by atoms with Gasteiger partial charge in [0.25, 0.3) is 5.56 Å². The van der Waals surface area contributed by atoms with Crippen molar-refractivity contribution in [2.75, 3.05) is 26.2 Å². The summed E-state index contributed by atoms with van der Waals surface area (Å²) in [7, 11) is -3.71. The molecule has 0 saturated carbocycles. The fourth-order valence-corrected chi connectivity index (χ4v) is 6.50. The Morgan fingerprint density at radius 3 is 2.06 bits per heavy atom. The average molecular weight is 484 g/mol. The maximum atomic E-state index is 13.5. The largest absolute Gasteiger partial charge is 0.338 e. The number of rotatable bonds is 4. The lowest BCUT2D eigenvalue weighted by molar-refractivity contribution is -0.133. The predicted molar refractivity (Wildman–Crippen MR) is 129 cm³/mol. The van der Waals surface area contributed by atoms with E-state index in [0.29, 0.717) is 15.8 Å². The van der Waals surface area contributed by atoms with Gasteiger partial charge in [0, 0.05) is 26.2 Å². The summed E-state index contributed by atoms with van der Waals surface area (Å²) in [5.41, 5.74) is 4.71. The number of benzene rings is 2. The molecule has 9 nitrogen and oxygen atoms in total. The highest BCUT2D eigenvalue weighted by atomic mass is 32.2. The topological polar surface area (TPSA) is 105 Å². The molecule has 0 radical (unpaired) electrons. The zero-order valence-corrected chi connectivity index (χ0v) is 20.9. The molecule has 10 heteroatoms. The molecule has 0 aliphatic carbocycles. The molecule has 180 valence electrons. The second-order valence-electron chi connectivity index (χ2n) is 8.81. The smallest absolute Gasteiger partial charge is 0.278 e. The van der Waals surface area contributed by atoms with E-state index in [0.717, 1.165) is 32.5 Å². The zero-order valence-electron chi connectivity index (χ0n) is 20.1. The van der Waals surface area contributed by atoms with Gasteiger partial charge in [-0.1, -0.05) is 17.3 Å². The van der Waals surface area contributed by atoms with Crippen LogP contribution in [0.1, 0.15) is 27.8 Å². The van der Waals surface area contributed by atoms with Crippen LogP contribution in [-0.2, 0) is 21.4 Å². The van der Waals surface area contributed by atoms with Gasteiger partial charge in [0.05, 0.1) is 10.3 Å². The molecular weight excluding hydrogens is 454 g/mol. The van der Waals surface area contributed by atoms with E-state index in [9.17, 15) is 18.0 Å². The minimum absolute atomic E-state index is 0.192. The summed E-state index contributed by atoms with van der Waals surface area (Å²) < 4.78 is 29.6. The van der Waals surface area contributed by atoms with Crippen LogP contribution in [0.5, 0.6) is 0 Å². The summed E-state index contributed by atoms with van der Waals surface area (Å²) in [4.78, 5) is 27.4. The molecule has 1 aromatic heterocycles. The first-order valence-corrected chi connectivity index (χ1v) is 12.7. The molecule has 0 N–H and O–H groups in total. The van der Waals surface area contributed by atoms with E-state index in [-0.39, 0.29) is 44.2 Å². The van der Waals surface area contributed by atoms with Crippen LogP contribution in [0, 0.1) is 34.6 Å². The number of piperazine rings is 1. The first-order valence-electron chi connectivity index (χ1n) is 11.2. The molecule has 1 aliphatic heterocycles. The lowest BCUT2D eigenvalue weighted by Gasteiger charge is -2.35. The summed E-state index contributed by atoms with van der Waals surface area (Å²) in [6, 6.07) is 6.84. The summed E-state index contributed by atoms with van der Waals surface area (Å²) in [5.74, 6) is -0.293. The van der Waals surface area contributed by atoms with Crippen LogP contribution in [-0.4, -0.2) is 64.7 Å². The van der Waals surface area contributed by atoms with Gasteiger partial charge in [-0.25, -0.2) is 13.1 Å². The number of carbonyl (C=O) groups is 1. The Labute approximate surface area is 199 Å². The summed E-state index contributed by atoms with van der Waals surface area (Å²) in [6.45, 7) is 10.2. The molecule has 1 amide bonds. The Hall–Kier alpha value is -3.11. The number of hydrogen-bond acceptors (Lipinski definition) is 6. The van der Waals surface area contributed by atoms with E-state index < -0.39 is 10.0 Å². The fraction of sp³-hybridized carbons (Fsp3) is 0.417. The van der Waals surface area contributed by atoms with Gasteiger partial charge in [0.15, 0.2) is 0 Å². The lowest BCUT2D eigenvalue weighted by atomic mass is 9.95. The third kappa shape index (κ3) is 4.01. The molecule has 1 fully saturated rings. The van der Waals surface area contributed by atoms with Crippen LogP contribution in [0.25, 0.3) is 10.9 Å². The van der Waals surface area contributed by atoms with E-state index in [4.69, 9.17) is 0 Å². The number of aromatic nitrogens is 3. The Balaban J connectivity index is 1.50. The maximum absolute atomic E-state index is 13.5. The van der Waals surface area contributed by atoms with Crippen molar-refractivity contribution in [2.24, 2.45) is 0 Å². The molecule has 3 aromatic rings. The fourth-order valence-electron chi connectivity index (χ4n) is 4.51. The second-order valence-corrected chi connectivity index (χ2v) is 10.7. The van der Waals surface area contributed by atoms with Crippen molar-refractivity contribution in [1.29, 1.82) is 0 Å². The Kier molecular flexibility index (Phi) is 6.30. The van der Waals surface area contributed by atoms with E-state index >= 15 is 0 Å². The molecule has 0 spiro atoms. The minimum atomic E-state index is -3.71. The molecule has 0 unspecified atom stereocenters. The third-order valence-electron chi connectivity index (χ3n) is 7.03. The molecule has 1 saturated heterocycles. The van der Waals surface area contributed by atoms with Crippen molar-refractivity contribution in [1.82, 2.24) is 24.2 Å². The van der Waals surface area contributed by atoms with Gasteiger partial charge in [-0.05, 0) is 74.6 Å². The number of carbonyl (C=O) groups excluding carboxylic acids is 1. The second kappa shape index (κ2) is 8.92. The monoisotopic (exact) mass is 483 g/mol. The van der Waals surface area contributed by atoms with Gasteiger partial charge in [-0.3, -0.25) is 9.59 Å². The van der Waals surface area contributed by atoms with Crippen LogP contribution in [0.4, 0.5) is 0 Å². The van der Waals surface area contributed by atoms with Gasteiger partial charge < -0.3 is 4.90 Å². The molecule has 2 heterocycles. The molecule has 4 rings (SSSR count). The van der Waals surface area contributed by atoms with Crippen LogP contribution in [0.15, 0.2) is 34.0 Å². The number of nitrogens with zero attached hydrogens (tertiary/aromatic N) is 5. The summed E-state index contributed by atoms with van der Waals surface area (Å²) in [6.07, 6.45) is 0. The predicted octanol–water partition coefficient (Wildman–Crippen LogP) is 1.87. The molecular formula is C24H29N5O4S. The van der Waals surface area contributed by atoms with E-state index in [1.165, 1.54) is 4.31 Å². The summed E-state index contributed by atoms with van der Waals surface area (Å²) >= 11 is 0. The van der Waals surface area contributed by atoms with Crippen LogP contribution >= 0.6 is 0 Å². The molecule has 2 aromatic carbocycles. The normalized spacial score (nSPS) is 15.1. The molecule has 1 aliphatic rings. The van der Waals surface area contributed by atoms with Gasteiger partial charge in [-0.15, -0.1) is 5.10 Å². The third-order valence-corrected chi connectivity index (χ3v) is 9.21. The van der Waals surface area contributed by atoms with Crippen molar-refractivity contribution < 1.29 is 13.2 Å². The van der Waals surface area contributed by atoms with Gasteiger partial charge >= 0.3 is 0 Å². The van der Waals surface area contributed by atoms with Crippen molar-refractivity contribution in [3.63, 3.8) is 0 Å². The first kappa shape index (κ1) is 24.0. The number of hydrogen-bond donors (Lipinski definition) is 0. The van der Waals surface area contributed by atoms with Crippen molar-refractivity contribution >= 4 is 26.8 Å². The summed E-state index contributed by atoms with van der Waals surface area (Å²) in [5, 5.41) is 8.29. The van der Waals surface area contributed by atoms with E-state index in [1.807, 2.05) is 34.6 Å². The van der Waals surface area contributed by atoms with E-state index in [1.54, 1.807) is 29.2 Å². The Morgan fingerprint density at radius 1 is 0.882 bits per heavy atom. The lowest BCUT2D eigenvalue weighted by Crippen LogP contribution is -2.51. The Morgan fingerprint density at radius 2 is 1.44 bits per heavy atom. The molecule has 0 atom stereocenters. The molecule has 34 heavy (non-hydrogen) atoms. The van der Waals surface area contributed by atoms with Crippen LogP contribution in [0.3, 0.4) is 0 Å². The van der Waals surface area contributed by atoms with Crippen molar-refractivity contribution in [3.05, 3.63) is 62.4 Å². The van der Waals surface area contributed by atoms with Gasteiger partial charge in [0.1, 0.15) is 12.1 Å². The quantitative estimate of drug-likeness (QED) is 0.561. The minimum Gasteiger partial charge on any atom is -0.338 e. The highest BCUT2D eigenvalue weighted by molar-refractivity contribution is 7.89. The van der Waals surface area contributed by atoms with Crippen molar-refractivity contribution in [2.45, 2.75) is 46.1 Å². The zero-order chi connectivity index (χ0) is 24.8. The van der Waals surface area contributed by atoms with Crippen LogP contribution in [0.2, 0.25) is 0 Å². The van der Waals surface area contributed by atoms with Crippen molar-refractivity contribution in [3.8, 4) is 0 Å². The van der Waals surface area contributed by atoms with E-state index in [2.05, 4.69) is 10.3 Å². The standard InChI is InChI=1S/C24H29N5O4S/c1-15-16(2)18(4)23(19(5)17(15)3)34(32,33)28-12-10-27(11-13-28)22(30)14-29-24(31)20-8-6-7-9-21(20)25-26-29/h6-9H,10-14H2,1-5H3. The molecule has 0 bridgehead atoms. The number of sulfonamides is 1. The number of amides is 1. The highest BCUT2D eigenvalue weighted by Crippen LogP contribution is 2.31. The van der Waals surface area contributed by atoms with Crippen LogP contribution < -0.4 is 5.56 Å². The Bertz CT molecular complexity index is 1430. The first-order chi connectivity index (χ1) is 16.0. The average Bonchev–Trinajstić information content (AvgIpc) is 2.83. The number of fused-ring (bicyclic) bond motifs is 1. The highest BCUT2D eigenvalue weighted by Gasteiger charge is 2.33. The van der Waals surface area contributed by atoms with Gasteiger partial charge in [0.2, 0.25) is 15.9 Å².